The third-order valence-corrected chi connectivity index (χ3v) is 4.79. The number of hydrogen-bond acceptors (Lipinski definition) is 8. The molecule has 2 unspecified atom stereocenters. The average Bonchev–Trinajstić information content (AvgIpc) is 3.15. The molecule has 0 aliphatic carbocycles. The fourth-order valence-electron chi connectivity index (χ4n) is 3.21. The van der Waals surface area contributed by atoms with E-state index in [-0.39, 0.29) is 12.4 Å². The second-order valence-electron chi connectivity index (χ2n) is 6.19. The zero-order valence-electron chi connectivity index (χ0n) is 13.7. The molecule has 0 radical (unpaired) electrons. The van der Waals surface area contributed by atoms with Gasteiger partial charge in [-0.1, -0.05) is 0 Å². The maximum Gasteiger partial charge on any atom is 0.346 e. The highest BCUT2D eigenvalue weighted by Crippen LogP contribution is 2.38. The van der Waals surface area contributed by atoms with Crippen molar-refractivity contribution >= 4 is 16.4 Å². The molecule has 2 aliphatic heterocycles. The fourth-order valence-corrected chi connectivity index (χ4v) is 3.60. The Morgan fingerprint density at radius 1 is 1.31 bits per heavy atom. The van der Waals surface area contributed by atoms with E-state index in [4.69, 9.17) is 4.42 Å². The van der Waals surface area contributed by atoms with E-state index in [0.717, 1.165) is 5.56 Å². The number of amides is 2. The highest BCUT2D eigenvalue weighted by molar-refractivity contribution is 7.80. The summed E-state index contributed by atoms with van der Waals surface area (Å²) in [5.74, 6) is 0.580. The highest BCUT2D eigenvalue weighted by Gasteiger charge is 2.48. The molecule has 0 spiro atoms. The van der Waals surface area contributed by atoms with Gasteiger partial charge in [0.2, 0.25) is 22.2 Å². The molecule has 0 aromatic carbocycles. The number of hydrogen-bond donors (Lipinski definition) is 0. The topological polar surface area (TPSA) is 133 Å². The predicted molar refractivity (Wildman–Crippen MR) is 81.4 cm³/mol. The minimum atomic E-state index is -5.02. The maximum atomic E-state index is 12.4. The third-order valence-electron chi connectivity index (χ3n) is 4.45. The van der Waals surface area contributed by atoms with Crippen LogP contribution in [0.1, 0.15) is 24.8 Å². The molecule has 4 heterocycles. The summed E-state index contributed by atoms with van der Waals surface area (Å²) in [6, 6.07) is 1.94. The molecule has 26 heavy (non-hydrogen) atoms. The van der Waals surface area contributed by atoms with Crippen molar-refractivity contribution in [2.45, 2.75) is 24.9 Å². The van der Waals surface area contributed by atoms with Crippen molar-refractivity contribution in [1.29, 1.82) is 0 Å². The normalized spacial score (nSPS) is 22.9. The summed E-state index contributed by atoms with van der Waals surface area (Å²) in [5.41, 5.74) is 0.741. The molecule has 2 amide bonds. The fraction of sp³-hybridized carbons (Fsp3) is 0.429. The van der Waals surface area contributed by atoms with Crippen LogP contribution in [0, 0.1) is 0 Å². The van der Waals surface area contributed by atoms with Crippen molar-refractivity contribution in [2.24, 2.45) is 7.05 Å². The van der Waals surface area contributed by atoms with Crippen LogP contribution in [0.15, 0.2) is 28.9 Å². The van der Waals surface area contributed by atoms with Crippen LogP contribution in [0.5, 0.6) is 0 Å². The summed E-state index contributed by atoms with van der Waals surface area (Å²) in [4.78, 5) is 13.8. The quantitative estimate of drug-likeness (QED) is 0.407. The first-order chi connectivity index (χ1) is 12.3. The van der Waals surface area contributed by atoms with Gasteiger partial charge in [0, 0.05) is 18.7 Å². The molecule has 0 N–H and O–H groups in total. The Balaban J connectivity index is 1.57. The van der Waals surface area contributed by atoms with E-state index in [0.29, 0.717) is 23.8 Å². The van der Waals surface area contributed by atoms with Crippen LogP contribution < -0.4 is 4.57 Å². The molecule has 2 fully saturated rings. The van der Waals surface area contributed by atoms with Crippen molar-refractivity contribution in [3.8, 4) is 11.5 Å². The minimum absolute atomic E-state index is 0.220. The number of carbonyl (C=O) groups is 1. The molecule has 12 heteroatoms. The van der Waals surface area contributed by atoms with Crippen molar-refractivity contribution in [3.05, 3.63) is 30.4 Å². The molecule has 2 bridgehead atoms. The number of fused-ring (bicyclic) bond motifs is 2. The number of aromatic nitrogens is 3. The van der Waals surface area contributed by atoms with E-state index in [1.165, 1.54) is 4.90 Å². The van der Waals surface area contributed by atoms with Gasteiger partial charge in [0.25, 0.3) is 0 Å². The van der Waals surface area contributed by atoms with Crippen LogP contribution in [0.25, 0.3) is 11.5 Å². The number of urea groups is 1. The first-order valence-corrected chi connectivity index (χ1v) is 9.19. The van der Waals surface area contributed by atoms with Gasteiger partial charge in [0.05, 0.1) is 11.6 Å². The Hall–Kier alpha value is -2.57. The lowest BCUT2D eigenvalue weighted by Crippen LogP contribution is -2.35. The Morgan fingerprint density at radius 3 is 2.73 bits per heavy atom. The van der Waals surface area contributed by atoms with Gasteiger partial charge in [0.15, 0.2) is 12.4 Å². The molecule has 0 saturated carbocycles. The average molecular weight is 381 g/mol. The SMILES string of the molecule is C[n+]1ccc(-c2nnc(C3CCC4CN3C(=O)N4OS(=O)(=O)[O-])o2)cc1. The second-order valence-corrected chi connectivity index (χ2v) is 7.15. The van der Waals surface area contributed by atoms with Crippen LogP contribution in [0.2, 0.25) is 0 Å². The largest absolute Gasteiger partial charge is 0.724 e. The first kappa shape index (κ1) is 16.9. The number of nitrogens with zero attached hydrogens (tertiary/aromatic N) is 5. The van der Waals surface area contributed by atoms with Crippen LogP contribution in [0.4, 0.5) is 4.79 Å². The van der Waals surface area contributed by atoms with E-state index in [1.54, 1.807) is 0 Å². The zero-order valence-corrected chi connectivity index (χ0v) is 14.5. The first-order valence-electron chi connectivity index (χ1n) is 7.86. The molecular formula is C14H15N5O6S. The minimum Gasteiger partial charge on any atom is -0.724 e. The number of hydroxylamine groups is 2. The second kappa shape index (κ2) is 6.00. The van der Waals surface area contributed by atoms with Gasteiger partial charge in [-0.3, -0.25) is 0 Å². The van der Waals surface area contributed by atoms with Crippen LogP contribution in [-0.2, 0) is 21.7 Å². The van der Waals surface area contributed by atoms with Gasteiger partial charge in [-0.15, -0.1) is 10.2 Å². The number of rotatable bonds is 4. The molecular weight excluding hydrogens is 366 g/mol. The van der Waals surface area contributed by atoms with Crippen molar-refractivity contribution in [2.75, 3.05) is 6.54 Å². The molecule has 138 valence electrons. The van der Waals surface area contributed by atoms with Crippen molar-refractivity contribution in [1.82, 2.24) is 20.2 Å². The molecule has 2 aliphatic rings. The summed E-state index contributed by atoms with van der Waals surface area (Å²) >= 11 is 0. The van der Waals surface area contributed by atoms with E-state index >= 15 is 0 Å². The lowest BCUT2D eigenvalue weighted by molar-refractivity contribution is -0.671. The van der Waals surface area contributed by atoms with E-state index in [2.05, 4.69) is 14.5 Å². The number of pyridine rings is 1. The number of aryl methyl sites for hydroxylation is 1. The Kier molecular flexibility index (Phi) is 3.89. The summed E-state index contributed by atoms with van der Waals surface area (Å²) in [5, 5.41) is 8.68. The smallest absolute Gasteiger partial charge is 0.346 e. The summed E-state index contributed by atoms with van der Waals surface area (Å²) < 4.78 is 44.3. The molecule has 2 aromatic rings. The Labute approximate surface area is 148 Å². The monoisotopic (exact) mass is 381 g/mol. The van der Waals surface area contributed by atoms with Crippen molar-refractivity contribution in [3.63, 3.8) is 0 Å². The molecule has 11 nitrogen and oxygen atoms in total. The third kappa shape index (κ3) is 3.02. The predicted octanol–water partition coefficient (Wildman–Crippen LogP) is -0.106. The highest BCUT2D eigenvalue weighted by atomic mass is 32.3. The summed E-state index contributed by atoms with van der Waals surface area (Å²) in [6.07, 6.45) is 4.61. The Bertz CT molecular complexity index is 943. The van der Waals surface area contributed by atoms with Crippen LogP contribution >= 0.6 is 0 Å². The van der Waals surface area contributed by atoms with Gasteiger partial charge in [-0.05, 0) is 12.8 Å². The van der Waals surface area contributed by atoms with Crippen molar-refractivity contribution < 1.29 is 31.0 Å². The molecule has 4 rings (SSSR count). The van der Waals surface area contributed by atoms with Gasteiger partial charge in [-0.2, -0.15) is 9.35 Å². The van der Waals surface area contributed by atoms with Gasteiger partial charge in [0.1, 0.15) is 13.1 Å². The van der Waals surface area contributed by atoms with Gasteiger partial charge >= 0.3 is 6.03 Å². The van der Waals surface area contributed by atoms with Crippen LogP contribution in [0.3, 0.4) is 0 Å². The summed E-state index contributed by atoms with van der Waals surface area (Å²) in [7, 11) is -3.14. The van der Waals surface area contributed by atoms with Crippen LogP contribution in [-0.4, -0.2) is 51.7 Å². The molecule has 2 aromatic heterocycles. The van der Waals surface area contributed by atoms with E-state index in [1.807, 2.05) is 36.1 Å². The standard InChI is InChI=1S/C14H15N5O6S/c1-17-6-4-9(5-7-17)12-15-16-13(24-12)11-3-2-10-8-18(11)14(20)19(10)25-26(21,22)23/h4-7,10-11H,2-3,8H2,1H3. The maximum absolute atomic E-state index is 12.4. The number of piperidine rings is 1. The lowest BCUT2D eigenvalue weighted by atomic mass is 10.0. The Morgan fingerprint density at radius 2 is 2.04 bits per heavy atom. The van der Waals surface area contributed by atoms with E-state index in [9.17, 15) is 17.8 Å². The lowest BCUT2D eigenvalue weighted by Gasteiger charge is -2.27. The van der Waals surface area contributed by atoms with E-state index < -0.39 is 28.5 Å². The molecule has 2 saturated heterocycles. The van der Waals surface area contributed by atoms with Gasteiger partial charge < -0.3 is 13.9 Å². The summed E-state index contributed by atoms with van der Waals surface area (Å²) in [6.45, 7) is 0.220. The zero-order chi connectivity index (χ0) is 18.5. The number of carbonyl (C=O) groups excluding carboxylic acids is 1. The van der Waals surface area contributed by atoms with Gasteiger partial charge in [-0.25, -0.2) is 17.8 Å². The molecule has 2 atom stereocenters.